The van der Waals surface area contributed by atoms with E-state index >= 15 is 0 Å². The van der Waals surface area contributed by atoms with Crippen LogP contribution in [0.3, 0.4) is 0 Å². The number of nitrogens with zero attached hydrogens (tertiary/aromatic N) is 2. The molecule has 0 saturated carbocycles. The van der Waals surface area contributed by atoms with Crippen LogP contribution in [-0.4, -0.2) is 22.3 Å². The van der Waals surface area contributed by atoms with Crippen LogP contribution in [0.25, 0.3) is 0 Å². The van der Waals surface area contributed by atoms with Gasteiger partial charge in [0.15, 0.2) is 0 Å². The van der Waals surface area contributed by atoms with E-state index in [-0.39, 0.29) is 0 Å². The highest BCUT2D eigenvalue weighted by molar-refractivity contribution is 7.98. The first-order chi connectivity index (χ1) is 6.86. The van der Waals surface area contributed by atoms with Crippen molar-refractivity contribution in [2.24, 2.45) is 0 Å². The smallest absolute Gasteiger partial charge is 0.144 e. The Kier molecular flexibility index (Phi) is 5.37. The predicted molar refractivity (Wildman–Crippen MR) is 62.6 cm³/mol. The second kappa shape index (κ2) is 6.65. The van der Waals surface area contributed by atoms with Crippen LogP contribution in [0.15, 0.2) is 12.4 Å². The number of hydrogen-bond donors (Lipinski definition) is 1. The fraction of sp³-hybridized carbons (Fsp3) is 0.600. The zero-order valence-corrected chi connectivity index (χ0v) is 9.60. The fourth-order valence-electron chi connectivity index (χ4n) is 1.02. The number of rotatable bonds is 6. The summed E-state index contributed by atoms with van der Waals surface area (Å²) in [6.45, 7) is 5.12. The van der Waals surface area contributed by atoms with Crippen LogP contribution in [0.4, 0.5) is 5.82 Å². The van der Waals surface area contributed by atoms with Crippen LogP contribution in [0.5, 0.6) is 0 Å². The maximum Gasteiger partial charge on any atom is 0.144 e. The van der Waals surface area contributed by atoms with Crippen molar-refractivity contribution in [2.45, 2.75) is 26.0 Å². The van der Waals surface area contributed by atoms with Gasteiger partial charge in [-0.05, 0) is 19.1 Å². The third-order valence-electron chi connectivity index (χ3n) is 1.66. The van der Waals surface area contributed by atoms with Gasteiger partial charge in [-0.1, -0.05) is 6.92 Å². The molecule has 0 aliphatic heterocycles. The molecular weight excluding hydrogens is 194 g/mol. The lowest BCUT2D eigenvalue weighted by Gasteiger charge is -2.02. The van der Waals surface area contributed by atoms with Crippen molar-refractivity contribution >= 4 is 17.6 Å². The summed E-state index contributed by atoms with van der Waals surface area (Å²) in [5.74, 6) is 3.01. The van der Waals surface area contributed by atoms with Crippen LogP contribution in [-0.2, 0) is 5.75 Å². The summed E-state index contributed by atoms with van der Waals surface area (Å²) < 4.78 is 0. The van der Waals surface area contributed by atoms with Crippen molar-refractivity contribution in [1.82, 2.24) is 9.97 Å². The third kappa shape index (κ3) is 3.96. The normalized spacial score (nSPS) is 10.1. The van der Waals surface area contributed by atoms with Crippen LogP contribution < -0.4 is 5.32 Å². The summed E-state index contributed by atoms with van der Waals surface area (Å²) in [6.07, 6.45) is 4.86. The Labute approximate surface area is 89.7 Å². The molecule has 1 N–H and O–H groups in total. The molecule has 14 heavy (non-hydrogen) atoms. The molecule has 1 rings (SSSR count). The average molecular weight is 211 g/mol. The lowest BCUT2D eigenvalue weighted by atomic mass is 10.5. The van der Waals surface area contributed by atoms with Gasteiger partial charge in [0.05, 0.1) is 18.1 Å². The van der Waals surface area contributed by atoms with Gasteiger partial charge in [-0.3, -0.25) is 4.98 Å². The summed E-state index contributed by atoms with van der Waals surface area (Å²) in [5, 5.41) is 3.12. The summed E-state index contributed by atoms with van der Waals surface area (Å²) in [4.78, 5) is 8.58. The van der Waals surface area contributed by atoms with E-state index < -0.39 is 0 Å². The van der Waals surface area contributed by atoms with Crippen molar-refractivity contribution in [3.05, 3.63) is 18.1 Å². The first-order valence-electron chi connectivity index (χ1n) is 4.99. The topological polar surface area (TPSA) is 37.8 Å². The lowest BCUT2D eigenvalue weighted by molar-refractivity contribution is 1.06. The van der Waals surface area contributed by atoms with Crippen molar-refractivity contribution in [1.29, 1.82) is 0 Å². The minimum absolute atomic E-state index is 0.858. The van der Waals surface area contributed by atoms with Crippen LogP contribution in [0.2, 0.25) is 0 Å². The molecule has 0 aliphatic rings. The molecule has 0 aromatic carbocycles. The van der Waals surface area contributed by atoms with Gasteiger partial charge in [0, 0.05) is 12.3 Å². The van der Waals surface area contributed by atoms with Gasteiger partial charge in [-0.15, -0.1) is 0 Å². The molecule has 1 heterocycles. The average Bonchev–Trinajstić information content (AvgIpc) is 2.21. The largest absolute Gasteiger partial charge is 0.369 e. The molecule has 78 valence electrons. The predicted octanol–water partition coefficient (Wildman–Crippen LogP) is 2.55. The van der Waals surface area contributed by atoms with Gasteiger partial charge < -0.3 is 5.32 Å². The molecule has 0 radical (unpaired) electrons. The highest BCUT2D eigenvalue weighted by Gasteiger charge is 1.96. The molecule has 0 unspecified atom stereocenters. The molecule has 4 heteroatoms. The maximum absolute atomic E-state index is 4.32. The lowest BCUT2D eigenvalue weighted by Crippen LogP contribution is -2.00. The molecule has 0 amide bonds. The Morgan fingerprint density at radius 1 is 1.29 bits per heavy atom. The van der Waals surface area contributed by atoms with Crippen molar-refractivity contribution in [3.63, 3.8) is 0 Å². The van der Waals surface area contributed by atoms with Crippen LogP contribution in [0, 0.1) is 0 Å². The van der Waals surface area contributed by atoms with Crippen molar-refractivity contribution < 1.29 is 0 Å². The van der Waals surface area contributed by atoms with Gasteiger partial charge in [0.1, 0.15) is 5.82 Å². The van der Waals surface area contributed by atoms with Gasteiger partial charge in [-0.25, -0.2) is 4.98 Å². The molecule has 0 atom stereocenters. The molecule has 0 fully saturated rings. The summed E-state index contributed by atoms with van der Waals surface area (Å²) >= 11 is 1.90. The van der Waals surface area contributed by atoms with E-state index in [0.717, 1.165) is 23.8 Å². The molecule has 0 aliphatic carbocycles. The molecular formula is C10H17N3S. The van der Waals surface area contributed by atoms with E-state index in [0.29, 0.717) is 0 Å². The van der Waals surface area contributed by atoms with E-state index in [1.54, 1.807) is 6.20 Å². The molecule has 3 nitrogen and oxygen atoms in total. The number of nitrogens with one attached hydrogen (secondary N) is 1. The van der Waals surface area contributed by atoms with E-state index in [1.807, 2.05) is 24.9 Å². The third-order valence-corrected chi connectivity index (χ3v) is 2.86. The SMILES string of the molecule is CCCSCc1cnc(NCC)cn1. The van der Waals surface area contributed by atoms with Crippen LogP contribution in [0.1, 0.15) is 26.0 Å². The highest BCUT2D eigenvalue weighted by Crippen LogP contribution is 2.10. The molecule has 0 spiro atoms. The zero-order chi connectivity index (χ0) is 10.2. The van der Waals surface area contributed by atoms with Gasteiger partial charge >= 0.3 is 0 Å². The van der Waals surface area contributed by atoms with E-state index in [1.165, 1.54) is 12.2 Å². The van der Waals surface area contributed by atoms with Gasteiger partial charge in [0.2, 0.25) is 0 Å². The Bertz CT molecular complexity index is 248. The molecule has 1 aromatic rings. The number of thioether (sulfide) groups is 1. The van der Waals surface area contributed by atoms with Crippen molar-refractivity contribution in [3.8, 4) is 0 Å². The maximum atomic E-state index is 4.32. The zero-order valence-electron chi connectivity index (χ0n) is 8.79. The molecule has 0 bridgehead atoms. The van der Waals surface area contributed by atoms with E-state index in [4.69, 9.17) is 0 Å². The summed E-state index contributed by atoms with van der Waals surface area (Å²) in [7, 11) is 0. The van der Waals surface area contributed by atoms with Crippen molar-refractivity contribution in [2.75, 3.05) is 17.6 Å². The first-order valence-corrected chi connectivity index (χ1v) is 6.14. The highest BCUT2D eigenvalue weighted by atomic mass is 32.2. The summed E-state index contributed by atoms with van der Waals surface area (Å²) in [6, 6.07) is 0. The minimum Gasteiger partial charge on any atom is -0.369 e. The number of hydrogen-bond acceptors (Lipinski definition) is 4. The minimum atomic E-state index is 0.858. The second-order valence-electron chi connectivity index (χ2n) is 2.98. The number of anilines is 1. The Morgan fingerprint density at radius 2 is 2.14 bits per heavy atom. The second-order valence-corrected chi connectivity index (χ2v) is 4.08. The monoisotopic (exact) mass is 211 g/mol. The number of aromatic nitrogens is 2. The molecule has 0 saturated heterocycles. The van der Waals surface area contributed by atoms with Crippen LogP contribution >= 0.6 is 11.8 Å². The summed E-state index contributed by atoms with van der Waals surface area (Å²) in [5.41, 5.74) is 1.06. The van der Waals surface area contributed by atoms with E-state index in [2.05, 4.69) is 22.2 Å². The quantitative estimate of drug-likeness (QED) is 0.734. The Balaban J connectivity index is 2.38. The standard InChI is InChI=1S/C10H17N3S/c1-3-5-14-8-9-6-13-10(7-12-9)11-4-2/h6-7H,3-5,8H2,1-2H3,(H,11,13). The Morgan fingerprint density at radius 3 is 2.71 bits per heavy atom. The molecule has 1 aromatic heterocycles. The van der Waals surface area contributed by atoms with E-state index in [9.17, 15) is 0 Å². The first kappa shape index (κ1) is 11.3. The fourth-order valence-corrected chi connectivity index (χ4v) is 1.81. The van der Waals surface area contributed by atoms with Gasteiger partial charge in [-0.2, -0.15) is 11.8 Å². The van der Waals surface area contributed by atoms with Gasteiger partial charge in [0.25, 0.3) is 0 Å². The Hall–Kier alpha value is -0.770.